The number of nitrogens with one attached hydrogen (secondary N) is 2. The third kappa shape index (κ3) is 7.52. The Hall–Kier alpha value is -3.45. The molecule has 1 saturated heterocycles. The van der Waals surface area contributed by atoms with Crippen LogP contribution in [0.5, 0.6) is 0 Å². The van der Waals surface area contributed by atoms with Crippen LogP contribution in [0.4, 0.5) is 5.82 Å². The number of furan rings is 1. The number of aryl methyl sites for hydroxylation is 2. The van der Waals surface area contributed by atoms with Gasteiger partial charge in [-0.2, -0.15) is 0 Å². The second kappa shape index (κ2) is 13.4. The molecule has 1 fully saturated rings. The maximum Gasteiger partial charge on any atom is 0.246 e. The van der Waals surface area contributed by atoms with Gasteiger partial charge in [0, 0.05) is 50.3 Å². The highest BCUT2D eigenvalue weighted by atomic mass is 16.3. The highest BCUT2D eigenvalue weighted by Crippen LogP contribution is 2.26. The van der Waals surface area contributed by atoms with Crippen molar-refractivity contribution in [2.75, 3.05) is 32.5 Å². The van der Waals surface area contributed by atoms with Crippen LogP contribution in [0, 0.1) is 6.92 Å². The molecule has 0 spiro atoms. The molecule has 3 heterocycles. The lowest BCUT2D eigenvalue weighted by Crippen LogP contribution is -2.24. The number of nitrogens with zero attached hydrogens (tertiary/aromatic N) is 2. The Bertz CT molecular complexity index is 1140. The second-order valence-corrected chi connectivity index (χ2v) is 8.70. The minimum atomic E-state index is -0.0973. The van der Waals surface area contributed by atoms with Crippen molar-refractivity contribution in [3.05, 3.63) is 65.1 Å². The van der Waals surface area contributed by atoms with Gasteiger partial charge < -0.3 is 24.7 Å². The number of aldehydes is 1. The van der Waals surface area contributed by atoms with E-state index < -0.39 is 0 Å². The number of fused-ring (bicyclic) bond motifs is 1. The number of rotatable bonds is 9. The van der Waals surface area contributed by atoms with Crippen LogP contribution < -0.4 is 10.6 Å². The molecule has 186 valence electrons. The van der Waals surface area contributed by atoms with Crippen LogP contribution in [0.2, 0.25) is 0 Å². The van der Waals surface area contributed by atoms with Crippen LogP contribution in [0.25, 0.3) is 17.0 Å². The molecule has 3 aromatic rings. The average molecular weight is 477 g/mol. The molecule has 4 rings (SSSR count). The Morgan fingerprint density at radius 3 is 2.71 bits per heavy atom. The number of hydrogen-bond acceptors (Lipinski definition) is 6. The first-order chi connectivity index (χ1) is 17.0. The van der Waals surface area contributed by atoms with Gasteiger partial charge in [-0.05, 0) is 75.0 Å². The Labute approximate surface area is 207 Å². The zero-order valence-electron chi connectivity index (χ0n) is 21.0. The zero-order chi connectivity index (χ0) is 25.0. The highest BCUT2D eigenvalue weighted by Gasteiger charge is 2.14. The number of unbranched alkanes of at least 4 members (excludes halogenated alkanes) is 1. The summed E-state index contributed by atoms with van der Waals surface area (Å²) in [5, 5.41) is 7.32. The molecule has 0 aliphatic carbocycles. The zero-order valence-corrected chi connectivity index (χ0v) is 21.0. The van der Waals surface area contributed by atoms with Crippen molar-refractivity contribution in [3.8, 4) is 0 Å². The molecule has 35 heavy (non-hydrogen) atoms. The summed E-state index contributed by atoms with van der Waals surface area (Å²) in [5.74, 6) is 1.52. The largest absolute Gasteiger partial charge is 0.461 e. The number of carbonyl (C=O) groups is 2. The molecule has 7 nitrogen and oxygen atoms in total. The fourth-order valence-electron chi connectivity index (χ4n) is 4.06. The number of anilines is 1. The first kappa shape index (κ1) is 26.2. The van der Waals surface area contributed by atoms with E-state index in [1.165, 1.54) is 25.9 Å². The molecule has 1 aliphatic rings. The lowest BCUT2D eigenvalue weighted by atomic mass is 10.1. The van der Waals surface area contributed by atoms with Crippen LogP contribution >= 0.6 is 0 Å². The molecule has 1 aromatic carbocycles. The Morgan fingerprint density at radius 1 is 1.26 bits per heavy atom. The first-order valence-electron chi connectivity index (χ1n) is 12.2. The fraction of sp³-hybridized carbons (Fsp3) is 0.393. The van der Waals surface area contributed by atoms with E-state index in [4.69, 9.17) is 4.42 Å². The van der Waals surface area contributed by atoms with E-state index in [0.29, 0.717) is 13.0 Å². The maximum absolute atomic E-state index is 12.6. The molecular weight excluding hydrogens is 440 g/mol. The number of para-hydroxylation sites is 1. The maximum atomic E-state index is 12.6. The first-order valence-corrected chi connectivity index (χ1v) is 12.2. The van der Waals surface area contributed by atoms with Crippen molar-refractivity contribution in [2.45, 2.75) is 45.6 Å². The van der Waals surface area contributed by atoms with Crippen LogP contribution in [0.15, 0.2) is 47.0 Å². The number of amides is 1. The summed E-state index contributed by atoms with van der Waals surface area (Å²) < 4.78 is 5.79. The molecule has 0 unspecified atom stereocenters. The average Bonchev–Trinajstić information content (AvgIpc) is 3.55. The molecule has 0 atom stereocenters. The monoisotopic (exact) mass is 476 g/mol. The normalized spacial score (nSPS) is 13.0. The van der Waals surface area contributed by atoms with Gasteiger partial charge in [-0.25, -0.2) is 4.98 Å². The SMILES string of the molecule is C1CCNC1.CNc1ncc(/C=C/C(=O)N(C)Cc2c(C)oc3ccccc23)cc1CCCC=O. The van der Waals surface area contributed by atoms with Gasteiger partial charge >= 0.3 is 0 Å². The molecule has 1 amide bonds. The van der Waals surface area contributed by atoms with Gasteiger partial charge in [0.1, 0.15) is 23.4 Å². The lowest BCUT2D eigenvalue weighted by Gasteiger charge is -2.15. The summed E-state index contributed by atoms with van der Waals surface area (Å²) in [4.78, 5) is 29.3. The summed E-state index contributed by atoms with van der Waals surface area (Å²) in [7, 11) is 3.60. The van der Waals surface area contributed by atoms with E-state index in [1.807, 2.05) is 44.3 Å². The molecule has 1 aliphatic heterocycles. The summed E-state index contributed by atoms with van der Waals surface area (Å²) in [6, 6.07) is 9.85. The standard InChI is InChI=1S/C24H27N3O3.C4H9N/c1-17-21(20-9-4-5-10-22(20)30-17)16-27(3)23(29)12-11-18-14-19(8-6-7-13-28)24(25-2)26-15-18;1-2-4-5-3-1/h4-5,9-15H,6-8,16H2,1-3H3,(H,25,26);5H,1-4H2/b12-11+;. The summed E-state index contributed by atoms with van der Waals surface area (Å²) >= 11 is 0. The van der Waals surface area contributed by atoms with Gasteiger partial charge in [0.05, 0.1) is 0 Å². The number of pyridine rings is 1. The molecule has 0 radical (unpaired) electrons. The third-order valence-corrected chi connectivity index (χ3v) is 6.04. The topological polar surface area (TPSA) is 87.5 Å². The van der Waals surface area contributed by atoms with E-state index in [0.717, 1.165) is 58.4 Å². The third-order valence-electron chi connectivity index (χ3n) is 6.04. The predicted molar refractivity (Wildman–Crippen MR) is 141 cm³/mol. The van der Waals surface area contributed by atoms with Crippen LogP contribution in [-0.2, 0) is 22.6 Å². The molecule has 2 N–H and O–H groups in total. The molecule has 0 bridgehead atoms. The number of aromatic nitrogens is 1. The summed E-state index contributed by atoms with van der Waals surface area (Å²) in [6.07, 6.45) is 10.8. The molecular formula is C28H36N4O3. The van der Waals surface area contributed by atoms with Crippen LogP contribution in [0.3, 0.4) is 0 Å². The van der Waals surface area contributed by atoms with Gasteiger partial charge in [-0.15, -0.1) is 0 Å². The van der Waals surface area contributed by atoms with Crippen LogP contribution in [-0.4, -0.2) is 49.3 Å². The highest BCUT2D eigenvalue weighted by molar-refractivity contribution is 5.92. The number of hydrogen-bond donors (Lipinski definition) is 2. The van der Waals surface area contributed by atoms with Crippen molar-refractivity contribution in [1.29, 1.82) is 0 Å². The van der Waals surface area contributed by atoms with Gasteiger partial charge in [0.25, 0.3) is 0 Å². The van der Waals surface area contributed by atoms with E-state index >= 15 is 0 Å². The van der Waals surface area contributed by atoms with Crippen molar-refractivity contribution >= 4 is 35.1 Å². The predicted octanol–water partition coefficient (Wildman–Crippen LogP) is 4.74. The van der Waals surface area contributed by atoms with E-state index in [2.05, 4.69) is 15.6 Å². The number of likely N-dealkylation sites (N-methyl/N-ethyl adjacent to an activating group) is 1. The fourth-order valence-corrected chi connectivity index (χ4v) is 4.06. The summed E-state index contributed by atoms with van der Waals surface area (Å²) in [5.41, 5.74) is 3.73. The van der Waals surface area contributed by atoms with E-state index in [1.54, 1.807) is 30.3 Å². The lowest BCUT2D eigenvalue weighted by molar-refractivity contribution is -0.125. The minimum Gasteiger partial charge on any atom is -0.461 e. The Kier molecular flexibility index (Phi) is 10.0. The number of carbonyl (C=O) groups excluding carboxylic acids is 2. The van der Waals surface area contributed by atoms with Crippen molar-refractivity contribution in [1.82, 2.24) is 15.2 Å². The molecule has 0 saturated carbocycles. The quantitative estimate of drug-likeness (QED) is 0.263. The molecule has 7 heteroatoms. The van der Waals surface area contributed by atoms with E-state index in [-0.39, 0.29) is 5.91 Å². The van der Waals surface area contributed by atoms with Crippen LogP contribution in [0.1, 0.15) is 48.1 Å². The van der Waals surface area contributed by atoms with Crippen molar-refractivity contribution < 1.29 is 14.0 Å². The smallest absolute Gasteiger partial charge is 0.246 e. The molecule has 2 aromatic heterocycles. The van der Waals surface area contributed by atoms with Gasteiger partial charge in [0.15, 0.2) is 0 Å². The second-order valence-electron chi connectivity index (χ2n) is 8.70. The van der Waals surface area contributed by atoms with Crippen molar-refractivity contribution in [3.63, 3.8) is 0 Å². The number of benzene rings is 1. The van der Waals surface area contributed by atoms with Crippen molar-refractivity contribution in [2.24, 2.45) is 0 Å². The van der Waals surface area contributed by atoms with Gasteiger partial charge in [0.2, 0.25) is 5.91 Å². The van der Waals surface area contributed by atoms with Gasteiger partial charge in [-0.3, -0.25) is 4.79 Å². The Balaban J connectivity index is 0.000000607. The Morgan fingerprint density at radius 2 is 2.03 bits per heavy atom. The minimum absolute atomic E-state index is 0.0973. The van der Waals surface area contributed by atoms with Gasteiger partial charge in [-0.1, -0.05) is 18.2 Å². The summed E-state index contributed by atoms with van der Waals surface area (Å²) in [6.45, 7) is 4.89. The van der Waals surface area contributed by atoms with E-state index in [9.17, 15) is 9.59 Å².